The number of benzene rings is 4. The minimum absolute atomic E-state index is 0.101. The number of carbonyl (C=O) groups excluding carboxylic acids is 3. The molecule has 9 heteroatoms. The van der Waals surface area contributed by atoms with Gasteiger partial charge < -0.3 is 10.6 Å². The maximum absolute atomic E-state index is 13.8. The van der Waals surface area contributed by atoms with E-state index >= 15 is 0 Å². The molecule has 0 aliphatic heterocycles. The molecule has 198 valence electrons. The quantitative estimate of drug-likeness (QED) is 0.117. The van der Waals surface area contributed by atoms with E-state index in [-0.39, 0.29) is 22.7 Å². The van der Waals surface area contributed by atoms with Gasteiger partial charge in [0.25, 0.3) is 17.5 Å². The number of nitrogens with one attached hydrogen (secondary N) is 2. The lowest BCUT2D eigenvalue weighted by atomic mass is 10.1. The molecule has 0 aromatic heterocycles. The fraction of sp³-hybridized carbons (Fsp3) is 0. The van der Waals surface area contributed by atoms with Crippen LogP contribution in [0, 0.1) is 15.9 Å². The number of ketones is 1. The van der Waals surface area contributed by atoms with Crippen LogP contribution in [0.15, 0.2) is 115 Å². The normalized spacial score (nSPS) is 11.2. The minimum Gasteiger partial charge on any atom is -0.321 e. The Morgan fingerprint density at radius 3 is 2.08 bits per heavy atom. The van der Waals surface area contributed by atoms with Crippen molar-refractivity contribution >= 4 is 41.1 Å². The molecule has 8 nitrogen and oxygen atoms in total. The lowest BCUT2D eigenvalue weighted by molar-refractivity contribution is -0.384. The van der Waals surface area contributed by atoms with Crippen molar-refractivity contribution in [2.75, 3.05) is 5.32 Å². The topological polar surface area (TPSA) is 118 Å². The first-order valence-corrected chi connectivity index (χ1v) is 12.0. The number of carbonyl (C=O) groups is 3. The summed E-state index contributed by atoms with van der Waals surface area (Å²) < 4.78 is 13.8. The number of hydrogen-bond acceptors (Lipinski definition) is 5. The zero-order chi connectivity index (χ0) is 28.5. The molecule has 0 spiro atoms. The number of nitro benzene ring substituents is 1. The first kappa shape index (κ1) is 27.3. The van der Waals surface area contributed by atoms with Crippen LogP contribution >= 0.6 is 0 Å². The number of hydrogen-bond donors (Lipinski definition) is 2. The molecule has 0 unspecified atom stereocenters. The molecule has 4 rings (SSSR count). The molecular weight excluding hydrogens is 513 g/mol. The third-order valence-electron chi connectivity index (χ3n) is 5.69. The Bertz CT molecular complexity index is 1610. The standard InChI is InChI=1S/C31H22FN3O5/c32-27-9-5-4-6-22(27)14-19-29(36)23-12-15-25(16-13-23)33-31(38)28(34-30(37)24-7-2-1-3-8-24)20-21-10-17-26(18-11-21)35(39)40/h1-20H,(H,33,38)(H,34,37)/b19-14+,28-20-. The molecule has 4 aromatic rings. The molecule has 0 fully saturated rings. The third-order valence-corrected chi connectivity index (χ3v) is 5.69. The van der Waals surface area contributed by atoms with E-state index in [1.54, 1.807) is 48.5 Å². The Balaban J connectivity index is 1.51. The van der Waals surface area contributed by atoms with Gasteiger partial charge in [0, 0.05) is 34.5 Å². The molecule has 0 radical (unpaired) electrons. The van der Waals surface area contributed by atoms with Crippen LogP contribution in [0.1, 0.15) is 31.8 Å². The number of nitrogens with zero attached hydrogens (tertiary/aromatic N) is 1. The van der Waals surface area contributed by atoms with Crippen molar-refractivity contribution in [3.05, 3.63) is 153 Å². The van der Waals surface area contributed by atoms with Gasteiger partial charge in [0.1, 0.15) is 11.5 Å². The van der Waals surface area contributed by atoms with Crippen LogP contribution in [0.25, 0.3) is 12.2 Å². The third kappa shape index (κ3) is 7.20. The summed E-state index contributed by atoms with van der Waals surface area (Å²) in [5.74, 6) is -1.97. The van der Waals surface area contributed by atoms with Crippen molar-refractivity contribution in [3.8, 4) is 0 Å². The van der Waals surface area contributed by atoms with Crippen molar-refractivity contribution < 1.29 is 23.7 Å². The second-order valence-electron chi connectivity index (χ2n) is 8.48. The Morgan fingerprint density at radius 1 is 0.775 bits per heavy atom. The SMILES string of the molecule is O=C(Nc1ccc(C(=O)/C=C/c2ccccc2F)cc1)/C(=C/c1ccc([N+](=O)[O-])cc1)NC(=O)c1ccccc1. The Hall–Kier alpha value is -5.70. The molecule has 40 heavy (non-hydrogen) atoms. The summed E-state index contributed by atoms with van der Waals surface area (Å²) in [5, 5.41) is 16.2. The highest BCUT2D eigenvalue weighted by atomic mass is 19.1. The molecule has 0 saturated heterocycles. The summed E-state index contributed by atoms with van der Waals surface area (Å²) in [5.41, 5.74) is 1.52. The van der Waals surface area contributed by atoms with Crippen LogP contribution in [-0.4, -0.2) is 22.5 Å². The lowest BCUT2D eigenvalue weighted by Gasteiger charge is -2.12. The predicted octanol–water partition coefficient (Wildman–Crippen LogP) is 6.04. The number of anilines is 1. The summed E-state index contributed by atoms with van der Waals surface area (Å²) >= 11 is 0. The second-order valence-corrected chi connectivity index (χ2v) is 8.48. The van der Waals surface area contributed by atoms with E-state index in [4.69, 9.17) is 0 Å². The summed E-state index contributed by atoms with van der Waals surface area (Å²) in [6, 6.07) is 25.9. The van der Waals surface area contributed by atoms with E-state index in [1.165, 1.54) is 72.8 Å². The first-order chi connectivity index (χ1) is 19.3. The van der Waals surface area contributed by atoms with E-state index in [1.807, 2.05) is 0 Å². The van der Waals surface area contributed by atoms with Crippen molar-refractivity contribution in [3.63, 3.8) is 0 Å². The summed E-state index contributed by atoms with van der Waals surface area (Å²) in [6.07, 6.45) is 4.04. The number of amides is 2. The molecule has 0 aliphatic rings. The molecule has 2 amide bonds. The summed E-state index contributed by atoms with van der Waals surface area (Å²) in [4.78, 5) is 48.8. The van der Waals surface area contributed by atoms with Crippen LogP contribution in [-0.2, 0) is 4.79 Å². The monoisotopic (exact) mass is 535 g/mol. The molecule has 0 aliphatic carbocycles. The minimum atomic E-state index is -0.652. The first-order valence-electron chi connectivity index (χ1n) is 12.0. The largest absolute Gasteiger partial charge is 0.321 e. The predicted molar refractivity (Wildman–Crippen MR) is 150 cm³/mol. The summed E-state index contributed by atoms with van der Waals surface area (Å²) in [6.45, 7) is 0. The maximum Gasteiger partial charge on any atom is 0.272 e. The highest BCUT2D eigenvalue weighted by Crippen LogP contribution is 2.17. The van der Waals surface area contributed by atoms with Gasteiger partial charge in [-0.3, -0.25) is 24.5 Å². The highest BCUT2D eigenvalue weighted by Gasteiger charge is 2.16. The van der Waals surface area contributed by atoms with Gasteiger partial charge in [-0.1, -0.05) is 36.4 Å². The molecule has 0 heterocycles. The van der Waals surface area contributed by atoms with Crippen LogP contribution in [0.3, 0.4) is 0 Å². The Kier molecular flexibility index (Phi) is 8.68. The van der Waals surface area contributed by atoms with E-state index in [0.29, 0.717) is 22.4 Å². The van der Waals surface area contributed by atoms with Crippen LogP contribution in [0.5, 0.6) is 0 Å². The average Bonchev–Trinajstić information content (AvgIpc) is 2.97. The van der Waals surface area contributed by atoms with Crippen molar-refractivity contribution in [1.82, 2.24) is 5.32 Å². The van der Waals surface area contributed by atoms with E-state index < -0.39 is 22.6 Å². The van der Waals surface area contributed by atoms with Crippen molar-refractivity contribution in [1.29, 1.82) is 0 Å². The fourth-order valence-corrected chi connectivity index (χ4v) is 3.59. The smallest absolute Gasteiger partial charge is 0.272 e. The zero-order valence-electron chi connectivity index (χ0n) is 20.9. The van der Waals surface area contributed by atoms with Crippen LogP contribution in [0.2, 0.25) is 0 Å². The van der Waals surface area contributed by atoms with Crippen LogP contribution in [0.4, 0.5) is 15.8 Å². The van der Waals surface area contributed by atoms with Crippen molar-refractivity contribution in [2.45, 2.75) is 0 Å². The van der Waals surface area contributed by atoms with Gasteiger partial charge in [0.15, 0.2) is 5.78 Å². The molecule has 0 bridgehead atoms. The van der Waals surface area contributed by atoms with Crippen LogP contribution < -0.4 is 10.6 Å². The van der Waals surface area contributed by atoms with Gasteiger partial charge in [-0.05, 0) is 78.4 Å². The van der Waals surface area contributed by atoms with Gasteiger partial charge in [0.2, 0.25) is 0 Å². The van der Waals surface area contributed by atoms with Gasteiger partial charge in [0.05, 0.1) is 4.92 Å². The second kappa shape index (κ2) is 12.7. The molecule has 4 aromatic carbocycles. The number of nitro groups is 1. The molecule has 2 N–H and O–H groups in total. The van der Waals surface area contributed by atoms with Gasteiger partial charge >= 0.3 is 0 Å². The zero-order valence-corrected chi connectivity index (χ0v) is 20.9. The van der Waals surface area contributed by atoms with Gasteiger partial charge in [-0.2, -0.15) is 0 Å². The Labute approximate surface area is 228 Å². The van der Waals surface area contributed by atoms with E-state index in [2.05, 4.69) is 10.6 Å². The summed E-state index contributed by atoms with van der Waals surface area (Å²) in [7, 11) is 0. The molecular formula is C31H22FN3O5. The highest BCUT2D eigenvalue weighted by molar-refractivity contribution is 6.11. The van der Waals surface area contributed by atoms with Gasteiger partial charge in [-0.25, -0.2) is 4.39 Å². The number of rotatable bonds is 9. The van der Waals surface area contributed by atoms with E-state index in [9.17, 15) is 28.9 Å². The number of non-ortho nitro benzene ring substituents is 1. The molecule has 0 saturated carbocycles. The van der Waals surface area contributed by atoms with Crippen molar-refractivity contribution in [2.24, 2.45) is 0 Å². The maximum atomic E-state index is 13.8. The number of allylic oxidation sites excluding steroid dienone is 1. The number of halogens is 1. The van der Waals surface area contributed by atoms with Gasteiger partial charge in [-0.15, -0.1) is 0 Å². The lowest BCUT2D eigenvalue weighted by Crippen LogP contribution is -2.30. The van der Waals surface area contributed by atoms with E-state index in [0.717, 1.165) is 0 Å². The average molecular weight is 536 g/mol. The molecule has 0 atom stereocenters. The fourth-order valence-electron chi connectivity index (χ4n) is 3.59. The Morgan fingerprint density at radius 2 is 1.43 bits per heavy atom.